The van der Waals surface area contributed by atoms with Crippen LogP contribution in [0.15, 0.2) is 46.0 Å². The minimum atomic E-state index is -0.667. The summed E-state index contributed by atoms with van der Waals surface area (Å²) in [6, 6.07) is 8.54. The van der Waals surface area contributed by atoms with Gasteiger partial charge in [-0.05, 0) is 26.3 Å². The Hall–Kier alpha value is -3.43. The van der Waals surface area contributed by atoms with Crippen molar-refractivity contribution in [3.63, 3.8) is 0 Å². The van der Waals surface area contributed by atoms with Crippen LogP contribution in [0.2, 0.25) is 0 Å². The lowest BCUT2D eigenvalue weighted by Gasteiger charge is -2.22. The van der Waals surface area contributed by atoms with Crippen LogP contribution in [0.1, 0.15) is 44.1 Å². The first-order valence-corrected chi connectivity index (χ1v) is 8.28. The first kappa shape index (κ1) is 18.4. The van der Waals surface area contributed by atoms with Gasteiger partial charge in [-0.3, -0.25) is 4.57 Å². The van der Waals surface area contributed by atoms with Gasteiger partial charge >= 0.3 is 11.8 Å². The second-order valence-corrected chi connectivity index (χ2v) is 6.83. The van der Waals surface area contributed by atoms with Gasteiger partial charge in [0.25, 0.3) is 0 Å². The van der Waals surface area contributed by atoms with Crippen LogP contribution in [0.25, 0.3) is 0 Å². The molecule has 0 aliphatic heterocycles. The van der Waals surface area contributed by atoms with E-state index in [1.54, 1.807) is 20.8 Å². The molecule has 1 amide bonds. The fourth-order valence-corrected chi connectivity index (χ4v) is 2.35. The average Bonchev–Trinajstić information content (AvgIpc) is 3.22. The zero-order valence-corrected chi connectivity index (χ0v) is 15.2. The highest BCUT2D eigenvalue weighted by atomic mass is 16.6. The zero-order chi connectivity index (χ0) is 19.4. The fraction of sp³-hybridized carbons (Fsp3) is 0.353. The number of H-pyrrole nitrogens is 1. The molecule has 10 heteroatoms. The van der Waals surface area contributed by atoms with Gasteiger partial charge in [0, 0.05) is 0 Å². The van der Waals surface area contributed by atoms with E-state index < -0.39 is 17.7 Å². The predicted octanol–water partition coefficient (Wildman–Crippen LogP) is 1.62. The highest BCUT2D eigenvalue weighted by molar-refractivity contribution is 5.69. The van der Waals surface area contributed by atoms with Crippen LogP contribution in [-0.4, -0.2) is 36.6 Å². The van der Waals surface area contributed by atoms with Crippen LogP contribution in [0, 0.1) is 0 Å². The average molecular weight is 372 g/mol. The number of nitrogens with one attached hydrogen (secondary N) is 2. The van der Waals surface area contributed by atoms with Crippen molar-refractivity contribution in [3.05, 3.63) is 64.4 Å². The molecule has 10 nitrogen and oxygen atoms in total. The second-order valence-electron chi connectivity index (χ2n) is 6.83. The standard InChI is InChI=1S/C17H20N6O4/c1-17(2,3)26-16(25)20-13(11-7-5-4-6-8-11)14-19-12(27-22-14)9-23-10-18-21-15(23)24/h4-8,10,13H,9H2,1-3H3,(H,20,25)(H,21,24). The smallest absolute Gasteiger partial charge is 0.408 e. The van der Waals surface area contributed by atoms with Crippen LogP contribution in [0.4, 0.5) is 4.79 Å². The van der Waals surface area contributed by atoms with E-state index in [4.69, 9.17) is 9.26 Å². The predicted molar refractivity (Wildman–Crippen MR) is 93.9 cm³/mol. The number of carbonyl (C=O) groups excluding carboxylic acids is 1. The largest absolute Gasteiger partial charge is 0.444 e. The number of amides is 1. The van der Waals surface area contributed by atoms with Gasteiger partial charge < -0.3 is 14.6 Å². The van der Waals surface area contributed by atoms with Crippen molar-refractivity contribution in [3.8, 4) is 0 Å². The van der Waals surface area contributed by atoms with Crippen molar-refractivity contribution in [2.75, 3.05) is 0 Å². The van der Waals surface area contributed by atoms with E-state index in [1.165, 1.54) is 10.9 Å². The highest BCUT2D eigenvalue weighted by Gasteiger charge is 2.25. The molecule has 142 valence electrons. The molecule has 0 fully saturated rings. The molecule has 1 aromatic carbocycles. The molecule has 0 aliphatic carbocycles. The van der Waals surface area contributed by atoms with E-state index in [-0.39, 0.29) is 23.9 Å². The first-order valence-electron chi connectivity index (χ1n) is 8.28. The maximum Gasteiger partial charge on any atom is 0.408 e. The van der Waals surface area contributed by atoms with Crippen molar-refractivity contribution in [1.82, 2.24) is 30.2 Å². The molecule has 27 heavy (non-hydrogen) atoms. The highest BCUT2D eigenvalue weighted by Crippen LogP contribution is 2.20. The van der Waals surface area contributed by atoms with E-state index in [9.17, 15) is 9.59 Å². The third kappa shape index (κ3) is 4.81. The zero-order valence-electron chi connectivity index (χ0n) is 15.2. The molecule has 0 bridgehead atoms. The molecule has 0 aliphatic rings. The monoisotopic (exact) mass is 372 g/mol. The summed E-state index contributed by atoms with van der Waals surface area (Å²) in [6.45, 7) is 5.40. The van der Waals surface area contributed by atoms with E-state index >= 15 is 0 Å². The van der Waals surface area contributed by atoms with E-state index in [0.29, 0.717) is 0 Å². The Morgan fingerprint density at radius 1 is 1.33 bits per heavy atom. The Balaban J connectivity index is 1.84. The molecule has 1 unspecified atom stereocenters. The number of hydrogen-bond acceptors (Lipinski definition) is 7. The molecule has 0 saturated heterocycles. The van der Waals surface area contributed by atoms with Gasteiger partial charge in [0.2, 0.25) is 5.89 Å². The van der Waals surface area contributed by atoms with Crippen molar-refractivity contribution in [2.24, 2.45) is 0 Å². The normalized spacial score (nSPS) is 12.6. The summed E-state index contributed by atoms with van der Waals surface area (Å²) >= 11 is 0. The van der Waals surface area contributed by atoms with Crippen LogP contribution in [0.3, 0.4) is 0 Å². The van der Waals surface area contributed by atoms with Gasteiger partial charge in [-0.2, -0.15) is 10.1 Å². The number of aromatic nitrogens is 5. The minimum absolute atomic E-state index is 0.0658. The number of carbonyl (C=O) groups is 1. The van der Waals surface area contributed by atoms with Gasteiger partial charge in [0.1, 0.15) is 24.5 Å². The van der Waals surface area contributed by atoms with Crippen LogP contribution in [0.5, 0.6) is 0 Å². The number of ether oxygens (including phenoxy) is 1. The number of alkyl carbamates (subject to hydrolysis) is 1. The molecule has 0 radical (unpaired) electrons. The molecule has 2 aromatic heterocycles. The van der Waals surface area contributed by atoms with Crippen molar-refractivity contribution in [2.45, 2.75) is 39.0 Å². The van der Waals surface area contributed by atoms with Gasteiger partial charge in [-0.1, -0.05) is 35.5 Å². The molecule has 2 N–H and O–H groups in total. The van der Waals surface area contributed by atoms with E-state index in [2.05, 4.69) is 25.7 Å². The Bertz CT molecular complexity index is 953. The van der Waals surface area contributed by atoms with Crippen LogP contribution < -0.4 is 11.0 Å². The number of aromatic amines is 1. The summed E-state index contributed by atoms with van der Waals surface area (Å²) in [5.41, 5.74) is -0.270. The van der Waals surface area contributed by atoms with Gasteiger partial charge in [0.15, 0.2) is 5.82 Å². The minimum Gasteiger partial charge on any atom is -0.444 e. The molecular weight excluding hydrogens is 352 g/mol. The van der Waals surface area contributed by atoms with Gasteiger partial charge in [0.05, 0.1) is 0 Å². The number of rotatable bonds is 5. The summed E-state index contributed by atoms with van der Waals surface area (Å²) in [4.78, 5) is 28.1. The fourth-order valence-electron chi connectivity index (χ4n) is 2.35. The molecule has 1 atom stereocenters. The van der Waals surface area contributed by atoms with E-state index in [1.807, 2.05) is 30.3 Å². The molecule has 0 saturated carbocycles. The first-order chi connectivity index (χ1) is 12.8. The van der Waals surface area contributed by atoms with Crippen LogP contribution in [-0.2, 0) is 11.3 Å². The quantitative estimate of drug-likeness (QED) is 0.696. The molecule has 3 rings (SSSR count). The Kier molecular flexibility index (Phi) is 5.06. The summed E-state index contributed by atoms with van der Waals surface area (Å²) in [5, 5.41) is 12.6. The maximum absolute atomic E-state index is 12.2. The number of nitrogens with zero attached hydrogens (tertiary/aromatic N) is 4. The number of hydrogen-bond donors (Lipinski definition) is 2. The molecule has 2 heterocycles. The van der Waals surface area contributed by atoms with E-state index in [0.717, 1.165) is 5.56 Å². The maximum atomic E-state index is 12.2. The summed E-state index contributed by atoms with van der Waals surface area (Å²) in [6.07, 6.45) is 0.730. The Morgan fingerprint density at radius 2 is 2.07 bits per heavy atom. The summed E-state index contributed by atoms with van der Waals surface area (Å²) < 4.78 is 11.8. The summed E-state index contributed by atoms with van der Waals surface area (Å²) in [5.74, 6) is 0.457. The lowest BCUT2D eigenvalue weighted by atomic mass is 10.1. The molecular formula is C17H20N6O4. The lowest BCUT2D eigenvalue weighted by Crippen LogP contribution is -2.35. The summed E-state index contributed by atoms with van der Waals surface area (Å²) in [7, 11) is 0. The SMILES string of the molecule is CC(C)(C)OC(=O)NC(c1ccccc1)c1noc(Cn2cn[nH]c2=O)n1. The second kappa shape index (κ2) is 7.44. The lowest BCUT2D eigenvalue weighted by molar-refractivity contribution is 0.0510. The van der Waals surface area contributed by atoms with Crippen molar-refractivity contribution < 1.29 is 14.1 Å². The third-order valence-electron chi connectivity index (χ3n) is 3.46. The third-order valence-corrected chi connectivity index (χ3v) is 3.46. The van der Waals surface area contributed by atoms with Gasteiger partial charge in [-0.15, -0.1) is 0 Å². The Morgan fingerprint density at radius 3 is 2.70 bits per heavy atom. The molecule has 0 spiro atoms. The van der Waals surface area contributed by atoms with Crippen molar-refractivity contribution in [1.29, 1.82) is 0 Å². The van der Waals surface area contributed by atoms with Crippen molar-refractivity contribution >= 4 is 6.09 Å². The number of benzene rings is 1. The van der Waals surface area contributed by atoms with Crippen LogP contribution >= 0.6 is 0 Å². The topological polar surface area (TPSA) is 128 Å². The Labute approximate surface area is 154 Å². The molecule has 3 aromatic rings. The van der Waals surface area contributed by atoms with Gasteiger partial charge in [-0.25, -0.2) is 14.7 Å².